The van der Waals surface area contributed by atoms with Gasteiger partial charge < -0.3 is 15.2 Å². The molecular weight excluding hydrogens is 597 g/mol. The zero-order valence-corrected chi connectivity index (χ0v) is 24.3. The Bertz CT molecular complexity index is 1340. The third-order valence-electron chi connectivity index (χ3n) is 7.33. The number of nitrogens with one attached hydrogen (secondary N) is 1. The summed E-state index contributed by atoms with van der Waals surface area (Å²) in [6, 6.07) is 3.57. The molecule has 41 heavy (non-hydrogen) atoms. The van der Waals surface area contributed by atoms with Crippen molar-refractivity contribution in [1.82, 2.24) is 15.1 Å². The number of aliphatic hydroxyl groups is 1. The summed E-state index contributed by atoms with van der Waals surface area (Å²) >= 11 is 6.54. The molecule has 1 heterocycles. The van der Waals surface area contributed by atoms with Crippen LogP contribution in [0, 0.1) is 5.92 Å². The molecule has 3 rings (SSSR count). The molecule has 2 N–H and O–H groups in total. The third-order valence-corrected chi connectivity index (χ3v) is 9.37. The second-order valence-corrected chi connectivity index (χ2v) is 13.2. The molecule has 1 saturated carbocycles. The first-order valence-electron chi connectivity index (χ1n) is 13.0. The van der Waals surface area contributed by atoms with Crippen molar-refractivity contribution in [3.05, 3.63) is 34.5 Å². The van der Waals surface area contributed by atoms with Crippen LogP contribution in [0.4, 0.5) is 22.0 Å². The smallest absolute Gasteiger partial charge is 0.389 e. The molecule has 2 aromatic rings. The van der Waals surface area contributed by atoms with E-state index in [-0.39, 0.29) is 46.5 Å². The lowest BCUT2D eigenvalue weighted by molar-refractivity contribution is -0.146. The Morgan fingerprint density at radius 3 is 2.39 bits per heavy atom. The van der Waals surface area contributed by atoms with E-state index in [1.165, 1.54) is 23.1 Å². The monoisotopic (exact) mass is 629 g/mol. The van der Waals surface area contributed by atoms with Crippen LogP contribution in [0.5, 0.6) is 5.75 Å². The van der Waals surface area contributed by atoms with Crippen LogP contribution in [0.3, 0.4) is 0 Å². The van der Waals surface area contributed by atoms with Gasteiger partial charge in [-0.3, -0.25) is 9.48 Å². The van der Waals surface area contributed by atoms with Crippen molar-refractivity contribution in [3.63, 3.8) is 0 Å². The number of amides is 1. The lowest BCUT2D eigenvalue weighted by atomic mass is 9.89. The average molecular weight is 630 g/mol. The van der Waals surface area contributed by atoms with E-state index in [2.05, 4.69) is 15.2 Å². The van der Waals surface area contributed by atoms with E-state index in [0.29, 0.717) is 25.7 Å². The summed E-state index contributed by atoms with van der Waals surface area (Å²) < 4.78 is 94.4. The Labute approximate surface area is 240 Å². The predicted octanol–water partition coefficient (Wildman–Crippen LogP) is 5.71. The summed E-state index contributed by atoms with van der Waals surface area (Å²) in [5.74, 6) is -1.01. The minimum absolute atomic E-state index is 0.00170. The quantitative estimate of drug-likeness (QED) is 0.308. The van der Waals surface area contributed by atoms with E-state index < -0.39 is 58.0 Å². The number of ether oxygens (including phenoxy) is 1. The zero-order valence-electron chi connectivity index (χ0n) is 22.8. The molecule has 15 heteroatoms. The Balaban J connectivity index is 1.86. The number of sulfone groups is 1. The Morgan fingerprint density at radius 1 is 1.22 bits per heavy atom. The molecular formula is C26H33ClF5N3O5S. The summed E-state index contributed by atoms with van der Waals surface area (Å²) in [6.07, 6.45) is -3.08. The van der Waals surface area contributed by atoms with Crippen molar-refractivity contribution in [2.45, 2.75) is 82.6 Å². The lowest BCUT2D eigenvalue weighted by Crippen LogP contribution is -2.34. The van der Waals surface area contributed by atoms with E-state index in [1.807, 2.05) is 0 Å². The first-order chi connectivity index (χ1) is 18.9. The van der Waals surface area contributed by atoms with Gasteiger partial charge in [-0.25, -0.2) is 8.42 Å². The van der Waals surface area contributed by atoms with Crippen molar-refractivity contribution in [3.8, 4) is 17.0 Å². The van der Waals surface area contributed by atoms with Crippen molar-refractivity contribution < 1.29 is 45.0 Å². The van der Waals surface area contributed by atoms with Crippen molar-refractivity contribution in [2.75, 3.05) is 12.8 Å². The molecule has 1 amide bonds. The molecule has 1 aromatic carbocycles. The number of aromatic nitrogens is 2. The summed E-state index contributed by atoms with van der Waals surface area (Å²) in [5, 5.41) is 17.1. The number of alkyl halides is 5. The van der Waals surface area contributed by atoms with Crippen LogP contribution in [0.1, 0.15) is 68.4 Å². The van der Waals surface area contributed by atoms with E-state index in [9.17, 15) is 40.3 Å². The highest BCUT2D eigenvalue weighted by molar-refractivity contribution is 7.91. The number of carbonyl (C=O) groups excluding carboxylic acids is 1. The van der Waals surface area contributed by atoms with Gasteiger partial charge in [0.05, 0.1) is 21.6 Å². The van der Waals surface area contributed by atoms with Crippen LogP contribution in [-0.2, 0) is 22.0 Å². The molecule has 230 valence electrons. The third kappa shape index (κ3) is 8.54. The van der Waals surface area contributed by atoms with Gasteiger partial charge in [-0.2, -0.15) is 27.1 Å². The Kier molecular flexibility index (Phi) is 10.3. The summed E-state index contributed by atoms with van der Waals surface area (Å²) in [6.45, 7) is -0.0439. The molecule has 0 spiro atoms. The van der Waals surface area contributed by atoms with Crippen LogP contribution >= 0.6 is 11.6 Å². The lowest BCUT2D eigenvalue weighted by Gasteiger charge is -2.27. The molecule has 1 atom stereocenters. The van der Waals surface area contributed by atoms with E-state index >= 15 is 0 Å². The number of benzene rings is 1. The second-order valence-electron chi connectivity index (χ2n) is 10.5. The molecule has 1 fully saturated rings. The van der Waals surface area contributed by atoms with Crippen LogP contribution in [0.25, 0.3) is 11.3 Å². The van der Waals surface area contributed by atoms with E-state index in [4.69, 9.17) is 11.6 Å². The van der Waals surface area contributed by atoms with E-state index in [1.54, 1.807) is 6.92 Å². The maximum atomic E-state index is 13.3. The second kappa shape index (κ2) is 12.8. The molecule has 1 aliphatic rings. The van der Waals surface area contributed by atoms with Gasteiger partial charge >= 0.3 is 12.8 Å². The molecule has 0 bridgehead atoms. The van der Waals surface area contributed by atoms with Gasteiger partial charge in [0.1, 0.15) is 15.6 Å². The summed E-state index contributed by atoms with van der Waals surface area (Å²) in [4.78, 5) is 13.0. The fourth-order valence-corrected chi connectivity index (χ4v) is 6.38. The standard InChI is InChI=1S/C26H33ClF5N3O5S/c1-4-35-22(18-10-7-16(13-19(18)40-24(28)29)25(2,37)11-12-26(30,31)32)20(27)21(34-35)23(36)33-14-15-5-8-17(9-6-15)41(3,38)39/h7,10,13,15,17,24,37H,4-6,8-9,11-12,14H2,1-3H3,(H,33,36)/t15?,17?,25-/m0/s1. The number of halogens is 6. The van der Waals surface area contributed by atoms with Crippen LogP contribution in [0.15, 0.2) is 18.2 Å². The van der Waals surface area contributed by atoms with Gasteiger partial charge in [0, 0.05) is 31.3 Å². The van der Waals surface area contributed by atoms with Gasteiger partial charge in [0.15, 0.2) is 5.69 Å². The first kappa shape index (κ1) is 33.1. The van der Waals surface area contributed by atoms with Crippen molar-refractivity contribution in [1.29, 1.82) is 0 Å². The first-order valence-corrected chi connectivity index (χ1v) is 15.4. The summed E-state index contributed by atoms with van der Waals surface area (Å²) in [7, 11) is -3.13. The van der Waals surface area contributed by atoms with Gasteiger partial charge in [-0.15, -0.1) is 0 Å². The zero-order chi connectivity index (χ0) is 30.8. The van der Waals surface area contributed by atoms with Gasteiger partial charge in [-0.05, 0) is 69.6 Å². The summed E-state index contributed by atoms with van der Waals surface area (Å²) in [5.41, 5.74) is -2.18. The highest BCUT2D eigenvalue weighted by Gasteiger charge is 2.34. The van der Waals surface area contributed by atoms with Crippen LogP contribution in [0.2, 0.25) is 5.02 Å². The molecule has 8 nitrogen and oxygen atoms in total. The minimum atomic E-state index is -4.53. The number of hydrogen-bond acceptors (Lipinski definition) is 6. The van der Waals surface area contributed by atoms with Crippen molar-refractivity contribution in [2.24, 2.45) is 5.92 Å². The molecule has 0 saturated heterocycles. The number of nitrogens with zero attached hydrogens (tertiary/aromatic N) is 2. The van der Waals surface area contributed by atoms with Crippen LogP contribution < -0.4 is 10.1 Å². The predicted molar refractivity (Wildman–Crippen MR) is 143 cm³/mol. The van der Waals surface area contributed by atoms with Gasteiger partial charge in [-0.1, -0.05) is 17.7 Å². The topological polar surface area (TPSA) is 111 Å². The molecule has 0 radical (unpaired) electrons. The number of aryl methyl sites for hydroxylation is 1. The van der Waals surface area contributed by atoms with Crippen molar-refractivity contribution >= 4 is 27.3 Å². The Hall–Kier alpha value is -2.45. The average Bonchev–Trinajstić information content (AvgIpc) is 3.21. The SMILES string of the molecule is CCn1nc(C(=O)NCC2CCC(S(C)(=O)=O)CC2)c(Cl)c1-c1ccc([C@@](C)(O)CCC(F)(F)F)cc1OC(F)F. The Morgan fingerprint density at radius 2 is 1.85 bits per heavy atom. The number of rotatable bonds is 11. The number of hydrogen-bond donors (Lipinski definition) is 2. The maximum Gasteiger partial charge on any atom is 0.389 e. The van der Waals surface area contributed by atoms with Crippen LogP contribution in [-0.4, -0.2) is 60.1 Å². The largest absolute Gasteiger partial charge is 0.434 e. The maximum absolute atomic E-state index is 13.3. The van der Waals surface area contributed by atoms with Gasteiger partial charge in [0.25, 0.3) is 5.91 Å². The number of carbonyl (C=O) groups is 1. The molecule has 1 aliphatic carbocycles. The highest BCUT2D eigenvalue weighted by Crippen LogP contribution is 2.41. The van der Waals surface area contributed by atoms with E-state index in [0.717, 1.165) is 13.0 Å². The normalized spacial score (nSPS) is 19.7. The molecule has 1 aromatic heterocycles. The minimum Gasteiger partial charge on any atom is -0.434 e. The fraction of sp³-hybridized carbons (Fsp3) is 0.615. The highest BCUT2D eigenvalue weighted by atomic mass is 35.5. The van der Waals surface area contributed by atoms with Gasteiger partial charge in [0.2, 0.25) is 0 Å². The molecule has 0 unspecified atom stereocenters. The molecule has 0 aliphatic heterocycles. The fourth-order valence-electron chi connectivity index (χ4n) is 4.93.